The summed E-state index contributed by atoms with van der Waals surface area (Å²) >= 11 is 0. The third-order valence-electron chi connectivity index (χ3n) is 2.21. The van der Waals surface area contributed by atoms with Gasteiger partial charge in [-0.3, -0.25) is 4.79 Å². The molecule has 0 radical (unpaired) electrons. The molecule has 0 heterocycles. The number of nitrogens with one attached hydrogen (secondary N) is 2. The number of hydrogen-bond acceptors (Lipinski definition) is 4. The Morgan fingerprint density at radius 3 is 2.06 bits per heavy atom. The van der Waals surface area contributed by atoms with Gasteiger partial charge in [-0.15, -0.1) is 0 Å². The van der Waals surface area contributed by atoms with Crippen molar-refractivity contribution in [2.45, 2.75) is 33.7 Å². The summed E-state index contributed by atoms with van der Waals surface area (Å²) in [6, 6.07) is -0.948. The molecule has 0 bridgehead atoms. The second-order valence-corrected chi connectivity index (χ2v) is 8.12. The zero-order chi connectivity index (χ0) is 14.4. The van der Waals surface area contributed by atoms with Gasteiger partial charge < -0.3 is 5.32 Å². The van der Waals surface area contributed by atoms with Crippen LogP contribution in [-0.2, 0) is 24.7 Å². The van der Waals surface area contributed by atoms with Crippen molar-refractivity contribution in [3.05, 3.63) is 0 Å². The molecule has 0 aromatic heterocycles. The van der Waals surface area contributed by atoms with Gasteiger partial charge >= 0.3 is 10.2 Å². The molecule has 0 spiro atoms. The molecular weight excluding hydrogens is 278 g/mol. The molecule has 0 saturated carbocycles. The quantitative estimate of drug-likeness (QED) is 0.682. The average molecular weight is 299 g/mol. The van der Waals surface area contributed by atoms with Crippen molar-refractivity contribution in [3.8, 4) is 0 Å². The Morgan fingerprint density at radius 2 is 1.67 bits per heavy atom. The van der Waals surface area contributed by atoms with E-state index in [0.717, 1.165) is 0 Å². The van der Waals surface area contributed by atoms with Crippen LogP contribution in [0.25, 0.3) is 0 Å². The van der Waals surface area contributed by atoms with E-state index in [1.54, 1.807) is 20.8 Å². The zero-order valence-electron chi connectivity index (χ0n) is 11.1. The Bertz CT molecular complexity index is 482. The molecule has 1 unspecified atom stereocenters. The SMILES string of the molecule is CCNC(=O)C(C)NS(=O)(=O)N=S(=O)(CC)CC. The number of carbonyl (C=O) groups excluding carboxylic acids is 1. The van der Waals surface area contributed by atoms with Gasteiger partial charge in [0.25, 0.3) is 0 Å². The summed E-state index contributed by atoms with van der Waals surface area (Å²) in [5.41, 5.74) is 0. The van der Waals surface area contributed by atoms with E-state index in [9.17, 15) is 17.4 Å². The molecule has 0 aromatic rings. The Balaban J connectivity index is 4.99. The Labute approximate surface area is 109 Å². The van der Waals surface area contributed by atoms with Gasteiger partial charge in [0.2, 0.25) is 5.91 Å². The van der Waals surface area contributed by atoms with Crippen molar-refractivity contribution >= 4 is 25.8 Å². The minimum Gasteiger partial charge on any atom is -0.355 e. The van der Waals surface area contributed by atoms with E-state index in [-0.39, 0.29) is 11.5 Å². The normalized spacial score (nSPS) is 14.0. The van der Waals surface area contributed by atoms with Crippen molar-refractivity contribution in [2.24, 2.45) is 3.77 Å². The van der Waals surface area contributed by atoms with E-state index in [4.69, 9.17) is 0 Å². The first-order valence-electron chi connectivity index (χ1n) is 5.73. The topological polar surface area (TPSA) is 105 Å². The van der Waals surface area contributed by atoms with Crippen LogP contribution in [0, 0.1) is 0 Å². The minimum atomic E-state index is -4.09. The summed E-state index contributed by atoms with van der Waals surface area (Å²) < 4.78 is 40.7. The van der Waals surface area contributed by atoms with Crippen LogP contribution in [0.1, 0.15) is 27.7 Å². The van der Waals surface area contributed by atoms with Crippen molar-refractivity contribution in [2.75, 3.05) is 18.1 Å². The number of amides is 1. The van der Waals surface area contributed by atoms with E-state index in [2.05, 4.69) is 13.8 Å². The summed E-state index contributed by atoms with van der Waals surface area (Å²) in [7, 11) is -6.85. The fourth-order valence-corrected chi connectivity index (χ4v) is 4.52. The van der Waals surface area contributed by atoms with Crippen molar-refractivity contribution in [1.82, 2.24) is 10.0 Å². The van der Waals surface area contributed by atoms with Gasteiger partial charge in [-0.05, 0) is 13.8 Å². The first-order chi connectivity index (χ1) is 8.19. The molecule has 9 heteroatoms. The molecule has 1 amide bonds. The van der Waals surface area contributed by atoms with Gasteiger partial charge in [0.1, 0.15) is 0 Å². The molecule has 108 valence electrons. The molecule has 0 aliphatic rings. The molecule has 0 fully saturated rings. The summed E-state index contributed by atoms with van der Waals surface area (Å²) in [5.74, 6) is -0.143. The van der Waals surface area contributed by atoms with Gasteiger partial charge in [-0.1, -0.05) is 17.6 Å². The highest BCUT2D eigenvalue weighted by Gasteiger charge is 2.20. The molecule has 0 rings (SSSR count). The molecule has 1 atom stereocenters. The predicted molar refractivity (Wildman–Crippen MR) is 71.9 cm³/mol. The lowest BCUT2D eigenvalue weighted by Gasteiger charge is -2.12. The van der Waals surface area contributed by atoms with Crippen LogP contribution in [0.3, 0.4) is 0 Å². The Kier molecular flexibility index (Phi) is 6.79. The lowest BCUT2D eigenvalue weighted by atomic mass is 10.3. The summed E-state index contributed by atoms with van der Waals surface area (Å²) in [4.78, 5) is 11.4. The first kappa shape index (κ1) is 17.3. The Hall–Kier alpha value is -0.670. The van der Waals surface area contributed by atoms with Crippen LogP contribution in [0.15, 0.2) is 3.77 Å². The molecule has 0 aliphatic carbocycles. The second-order valence-electron chi connectivity index (χ2n) is 3.63. The third kappa shape index (κ3) is 5.78. The van der Waals surface area contributed by atoms with Crippen LogP contribution >= 0.6 is 0 Å². The number of nitrogens with zero attached hydrogens (tertiary/aromatic N) is 1. The van der Waals surface area contributed by atoms with Crippen LogP contribution in [0.4, 0.5) is 0 Å². The molecule has 2 N–H and O–H groups in total. The molecule has 0 aromatic carbocycles. The van der Waals surface area contributed by atoms with Crippen LogP contribution in [0.2, 0.25) is 0 Å². The summed E-state index contributed by atoms with van der Waals surface area (Å²) in [6.45, 7) is 6.75. The van der Waals surface area contributed by atoms with Crippen molar-refractivity contribution in [3.63, 3.8) is 0 Å². The molecule has 18 heavy (non-hydrogen) atoms. The Morgan fingerprint density at radius 1 is 1.17 bits per heavy atom. The third-order valence-corrected chi connectivity index (χ3v) is 6.53. The van der Waals surface area contributed by atoms with Crippen LogP contribution < -0.4 is 10.0 Å². The number of rotatable bonds is 7. The fraction of sp³-hybridized carbons (Fsp3) is 0.889. The van der Waals surface area contributed by atoms with E-state index < -0.39 is 31.9 Å². The average Bonchev–Trinajstić information content (AvgIpc) is 2.27. The second kappa shape index (κ2) is 7.05. The number of hydrogen-bond donors (Lipinski definition) is 2. The smallest absolute Gasteiger partial charge is 0.328 e. The molecular formula is C9H21N3O4S2. The van der Waals surface area contributed by atoms with E-state index in [1.165, 1.54) is 6.92 Å². The monoisotopic (exact) mass is 299 g/mol. The highest BCUT2D eigenvalue weighted by molar-refractivity contribution is 8.02. The van der Waals surface area contributed by atoms with Crippen LogP contribution in [-0.4, -0.2) is 42.6 Å². The summed E-state index contributed by atoms with van der Waals surface area (Å²) in [5, 5.41) is 2.48. The van der Waals surface area contributed by atoms with Gasteiger partial charge in [0.15, 0.2) is 0 Å². The zero-order valence-corrected chi connectivity index (χ0v) is 12.7. The lowest BCUT2D eigenvalue weighted by molar-refractivity contribution is -0.122. The van der Waals surface area contributed by atoms with Gasteiger partial charge in [-0.2, -0.15) is 13.1 Å². The van der Waals surface area contributed by atoms with E-state index in [0.29, 0.717) is 6.54 Å². The largest absolute Gasteiger partial charge is 0.355 e. The number of carbonyl (C=O) groups is 1. The highest BCUT2D eigenvalue weighted by atomic mass is 32.3. The van der Waals surface area contributed by atoms with Crippen molar-refractivity contribution in [1.29, 1.82) is 0 Å². The van der Waals surface area contributed by atoms with Gasteiger partial charge in [-0.25, -0.2) is 4.21 Å². The van der Waals surface area contributed by atoms with E-state index in [1.807, 2.05) is 0 Å². The van der Waals surface area contributed by atoms with Gasteiger partial charge in [0.05, 0.1) is 15.8 Å². The maximum Gasteiger partial charge on any atom is 0.328 e. The van der Waals surface area contributed by atoms with Crippen molar-refractivity contribution < 1.29 is 17.4 Å². The fourth-order valence-electron chi connectivity index (χ4n) is 1.11. The molecule has 7 nitrogen and oxygen atoms in total. The number of likely N-dealkylation sites (N-methyl/N-ethyl adjacent to an activating group) is 1. The molecule has 0 saturated heterocycles. The van der Waals surface area contributed by atoms with Gasteiger partial charge in [0, 0.05) is 18.1 Å². The van der Waals surface area contributed by atoms with E-state index >= 15 is 0 Å². The summed E-state index contributed by atoms with van der Waals surface area (Å²) in [6.07, 6.45) is 0. The predicted octanol–water partition coefficient (Wildman–Crippen LogP) is -0.147. The lowest BCUT2D eigenvalue weighted by Crippen LogP contribution is -2.44. The standard InChI is InChI=1S/C9H21N3O4S2/c1-5-10-9(13)8(4)11-18(15,16)12-17(14,6-2)7-3/h8,11H,5-7H2,1-4H3,(H,10,13). The highest BCUT2D eigenvalue weighted by Crippen LogP contribution is 2.02. The first-order valence-corrected chi connectivity index (χ1v) is 9.02. The minimum absolute atomic E-state index is 0.153. The molecule has 0 aliphatic heterocycles. The maximum absolute atomic E-state index is 11.9. The van der Waals surface area contributed by atoms with Crippen LogP contribution in [0.5, 0.6) is 0 Å². The maximum atomic E-state index is 11.9.